The smallest absolute Gasteiger partial charge is 0.409 e. The third kappa shape index (κ3) is 8.30. The Kier molecular flexibility index (Phi) is 10.9. The lowest BCUT2D eigenvalue weighted by Crippen LogP contribution is -2.56. The Labute approximate surface area is 252 Å². The van der Waals surface area contributed by atoms with Crippen molar-refractivity contribution < 1.29 is 48.0 Å². The van der Waals surface area contributed by atoms with E-state index in [1.807, 2.05) is 0 Å². The molecule has 0 bridgehead atoms. The Morgan fingerprint density at radius 3 is 2.36 bits per heavy atom. The van der Waals surface area contributed by atoms with Crippen molar-refractivity contribution >= 4 is 40.7 Å². The van der Waals surface area contributed by atoms with Gasteiger partial charge < -0.3 is 39.7 Å². The van der Waals surface area contributed by atoms with Crippen LogP contribution in [0.1, 0.15) is 43.1 Å². The molecule has 0 aliphatic carbocycles. The lowest BCUT2D eigenvalue weighted by atomic mass is 10.1. The number of piperazine rings is 1. The number of rotatable bonds is 10. The predicted octanol–water partition coefficient (Wildman–Crippen LogP) is 1.000. The van der Waals surface area contributed by atoms with Gasteiger partial charge in [-0.3, -0.25) is 19.2 Å². The number of ether oxygens (including phenoxy) is 2. The lowest BCUT2D eigenvalue weighted by Gasteiger charge is -2.35. The SMILES string of the molecule is CCOC(=O)N1CCN(C(=O)C(CCC(=O)O)NC(=O)c2cc(OCC(=O)N3CCC(O)CC3)c3cc(F)ccc3n2)CC1. The van der Waals surface area contributed by atoms with Gasteiger partial charge in [-0.2, -0.15) is 0 Å². The molecule has 44 heavy (non-hydrogen) atoms. The average molecular weight is 618 g/mol. The number of piperidine rings is 1. The van der Waals surface area contributed by atoms with Gasteiger partial charge in [-0.1, -0.05) is 0 Å². The van der Waals surface area contributed by atoms with E-state index in [4.69, 9.17) is 9.47 Å². The zero-order valence-electron chi connectivity index (χ0n) is 24.4. The number of hydrogen-bond acceptors (Lipinski definition) is 9. The van der Waals surface area contributed by atoms with Gasteiger partial charge in [-0.25, -0.2) is 14.2 Å². The number of amides is 4. The summed E-state index contributed by atoms with van der Waals surface area (Å²) in [6, 6.07) is 3.69. The van der Waals surface area contributed by atoms with E-state index in [9.17, 15) is 38.6 Å². The largest absolute Gasteiger partial charge is 0.483 e. The highest BCUT2D eigenvalue weighted by molar-refractivity contribution is 5.99. The van der Waals surface area contributed by atoms with Crippen LogP contribution < -0.4 is 10.1 Å². The van der Waals surface area contributed by atoms with Gasteiger partial charge >= 0.3 is 12.1 Å². The van der Waals surface area contributed by atoms with Crippen molar-refractivity contribution in [2.24, 2.45) is 0 Å². The summed E-state index contributed by atoms with van der Waals surface area (Å²) in [6.45, 7) is 2.99. The highest BCUT2D eigenvalue weighted by Gasteiger charge is 2.31. The van der Waals surface area contributed by atoms with Crippen molar-refractivity contribution in [1.29, 1.82) is 0 Å². The standard InChI is InChI=1S/C29H36FN5O9/c1-2-43-29(42)35-13-11-34(12-14-35)28(41)22(5-6-26(38)39)32-27(40)23-16-24(20-15-18(30)3-4-21(20)31-23)44-17-25(37)33-9-7-19(36)8-10-33/h3-4,15-16,19,22,36H,2,5-14,17H2,1H3,(H,32,40)(H,38,39). The summed E-state index contributed by atoms with van der Waals surface area (Å²) in [5.74, 6) is -3.37. The molecule has 4 amide bonds. The van der Waals surface area contributed by atoms with E-state index in [2.05, 4.69) is 10.3 Å². The first kappa shape index (κ1) is 32.4. The topological polar surface area (TPSA) is 179 Å². The summed E-state index contributed by atoms with van der Waals surface area (Å²) in [4.78, 5) is 71.6. The number of aliphatic hydroxyl groups is 1. The second-order valence-corrected chi connectivity index (χ2v) is 10.5. The van der Waals surface area contributed by atoms with Crippen molar-refractivity contribution in [2.75, 3.05) is 52.5 Å². The monoisotopic (exact) mass is 617 g/mol. The molecular formula is C29H36FN5O9. The molecule has 2 saturated heterocycles. The molecule has 2 aliphatic heterocycles. The van der Waals surface area contributed by atoms with Gasteiger partial charge in [0, 0.05) is 57.1 Å². The molecule has 14 nitrogen and oxygen atoms in total. The molecule has 2 fully saturated rings. The fourth-order valence-corrected chi connectivity index (χ4v) is 5.05. The second-order valence-electron chi connectivity index (χ2n) is 10.5. The van der Waals surface area contributed by atoms with Gasteiger partial charge in [0.1, 0.15) is 23.3 Å². The van der Waals surface area contributed by atoms with Crippen LogP contribution in [0.4, 0.5) is 9.18 Å². The molecule has 1 unspecified atom stereocenters. The van der Waals surface area contributed by atoms with Crippen molar-refractivity contribution in [2.45, 2.75) is 44.8 Å². The number of carbonyl (C=O) groups is 5. The minimum absolute atomic E-state index is 0.0218. The molecule has 15 heteroatoms. The number of aliphatic hydroxyl groups excluding tert-OH is 1. The summed E-state index contributed by atoms with van der Waals surface area (Å²) < 4.78 is 24.9. The van der Waals surface area contributed by atoms with Gasteiger partial charge in [0.05, 0.1) is 18.2 Å². The zero-order valence-corrected chi connectivity index (χ0v) is 24.4. The van der Waals surface area contributed by atoms with Crippen molar-refractivity contribution in [3.05, 3.63) is 35.8 Å². The van der Waals surface area contributed by atoms with Crippen LogP contribution in [0.15, 0.2) is 24.3 Å². The Hall–Kier alpha value is -4.53. The van der Waals surface area contributed by atoms with Crippen LogP contribution >= 0.6 is 0 Å². The minimum Gasteiger partial charge on any atom is -0.483 e. The van der Waals surface area contributed by atoms with E-state index in [1.165, 1.54) is 21.9 Å². The number of halogens is 1. The summed E-state index contributed by atoms with van der Waals surface area (Å²) in [5, 5.41) is 21.7. The zero-order chi connectivity index (χ0) is 31.8. The summed E-state index contributed by atoms with van der Waals surface area (Å²) in [5.41, 5.74) is 0.0130. The fourth-order valence-electron chi connectivity index (χ4n) is 5.05. The van der Waals surface area contributed by atoms with E-state index in [0.29, 0.717) is 25.9 Å². The van der Waals surface area contributed by atoms with E-state index >= 15 is 0 Å². The number of likely N-dealkylation sites (tertiary alicyclic amines) is 1. The molecule has 0 spiro atoms. The maximum absolute atomic E-state index is 14.1. The highest BCUT2D eigenvalue weighted by atomic mass is 19.1. The second kappa shape index (κ2) is 14.8. The number of benzene rings is 1. The maximum atomic E-state index is 14.1. The number of carbonyl (C=O) groups excluding carboxylic acids is 4. The van der Waals surface area contributed by atoms with Gasteiger partial charge in [0.2, 0.25) is 5.91 Å². The van der Waals surface area contributed by atoms with E-state index in [0.717, 1.165) is 12.1 Å². The average Bonchev–Trinajstić information content (AvgIpc) is 3.01. The van der Waals surface area contributed by atoms with Crippen LogP contribution in [0.2, 0.25) is 0 Å². The fraction of sp³-hybridized carbons (Fsp3) is 0.517. The number of carboxylic acids is 1. The molecule has 0 saturated carbocycles. The highest BCUT2D eigenvalue weighted by Crippen LogP contribution is 2.27. The van der Waals surface area contributed by atoms with Gasteiger partial charge in [-0.05, 0) is 44.4 Å². The Morgan fingerprint density at radius 1 is 1.02 bits per heavy atom. The molecule has 1 aromatic carbocycles. The van der Waals surface area contributed by atoms with E-state index < -0.39 is 54.9 Å². The quantitative estimate of drug-likeness (QED) is 0.348. The van der Waals surface area contributed by atoms with Gasteiger partial charge in [0.15, 0.2) is 6.61 Å². The van der Waals surface area contributed by atoms with E-state index in [-0.39, 0.29) is 67.5 Å². The summed E-state index contributed by atoms with van der Waals surface area (Å²) in [6.07, 6.45) is -0.655. The van der Waals surface area contributed by atoms with Crippen molar-refractivity contribution in [3.63, 3.8) is 0 Å². The first-order valence-corrected chi connectivity index (χ1v) is 14.5. The first-order valence-electron chi connectivity index (χ1n) is 14.5. The minimum atomic E-state index is -1.21. The molecule has 0 radical (unpaired) electrons. The number of pyridine rings is 1. The van der Waals surface area contributed by atoms with Crippen molar-refractivity contribution in [1.82, 2.24) is 25.0 Å². The van der Waals surface area contributed by atoms with Crippen LogP contribution in [0, 0.1) is 5.82 Å². The predicted molar refractivity (Wildman–Crippen MR) is 152 cm³/mol. The van der Waals surface area contributed by atoms with Crippen LogP contribution in [-0.2, 0) is 19.1 Å². The summed E-state index contributed by atoms with van der Waals surface area (Å²) >= 11 is 0. The van der Waals surface area contributed by atoms with Gasteiger partial charge in [0.25, 0.3) is 11.8 Å². The maximum Gasteiger partial charge on any atom is 0.409 e. The number of aliphatic carboxylic acids is 1. The molecule has 2 aliphatic rings. The van der Waals surface area contributed by atoms with Crippen LogP contribution in [0.5, 0.6) is 5.75 Å². The molecule has 4 rings (SSSR count). The Balaban J connectivity index is 1.50. The number of aromatic nitrogens is 1. The summed E-state index contributed by atoms with van der Waals surface area (Å²) in [7, 11) is 0. The molecule has 1 atom stereocenters. The molecule has 2 aromatic rings. The van der Waals surface area contributed by atoms with Crippen molar-refractivity contribution in [3.8, 4) is 5.75 Å². The van der Waals surface area contributed by atoms with Crippen LogP contribution in [-0.4, -0.2) is 124 Å². The Morgan fingerprint density at radius 2 is 1.70 bits per heavy atom. The molecular weight excluding hydrogens is 581 g/mol. The van der Waals surface area contributed by atoms with Crippen LogP contribution in [0.3, 0.4) is 0 Å². The third-order valence-electron chi connectivity index (χ3n) is 7.50. The van der Waals surface area contributed by atoms with Crippen LogP contribution in [0.25, 0.3) is 10.9 Å². The lowest BCUT2D eigenvalue weighted by molar-refractivity contribution is -0.138. The number of nitrogens with one attached hydrogen (secondary N) is 1. The van der Waals surface area contributed by atoms with Gasteiger partial charge in [-0.15, -0.1) is 0 Å². The van der Waals surface area contributed by atoms with E-state index in [1.54, 1.807) is 11.8 Å². The third-order valence-corrected chi connectivity index (χ3v) is 7.50. The number of fused-ring (bicyclic) bond motifs is 1. The molecule has 1 aromatic heterocycles. The Bertz CT molecular complexity index is 1390. The first-order chi connectivity index (χ1) is 21.0. The number of carboxylic acid groups (broad SMARTS) is 1. The molecule has 3 N–H and O–H groups in total. The number of nitrogens with zero attached hydrogens (tertiary/aromatic N) is 4. The normalized spacial score (nSPS) is 16.4. The number of hydrogen-bond donors (Lipinski definition) is 3. The molecule has 3 heterocycles. The molecule has 238 valence electrons.